The SMILES string of the molecule is CC1(c2ccccc2)C(=O)NC(=O)N1Cc1nccs1. The summed E-state index contributed by atoms with van der Waals surface area (Å²) in [7, 11) is 0. The normalized spacial score (nSPS) is 22.1. The number of benzene rings is 1. The Hall–Kier alpha value is -2.21. The van der Waals surface area contributed by atoms with Gasteiger partial charge in [-0.15, -0.1) is 11.3 Å². The molecule has 1 aliphatic heterocycles. The number of carbonyl (C=O) groups is 2. The fraction of sp³-hybridized carbons (Fsp3) is 0.214. The van der Waals surface area contributed by atoms with Gasteiger partial charge in [0.15, 0.2) is 0 Å². The molecule has 5 nitrogen and oxygen atoms in total. The first-order chi connectivity index (χ1) is 9.62. The summed E-state index contributed by atoms with van der Waals surface area (Å²) in [6, 6.07) is 8.93. The van der Waals surface area contributed by atoms with Gasteiger partial charge in [-0.2, -0.15) is 0 Å². The number of urea groups is 1. The van der Waals surface area contributed by atoms with Crippen LogP contribution < -0.4 is 5.32 Å². The third-order valence-corrected chi connectivity index (χ3v) is 4.32. The Morgan fingerprint density at radius 2 is 2.05 bits per heavy atom. The molecule has 2 aromatic rings. The van der Waals surface area contributed by atoms with Crippen LogP contribution in [-0.4, -0.2) is 21.8 Å². The second kappa shape index (κ2) is 4.72. The average Bonchev–Trinajstić information content (AvgIpc) is 3.04. The quantitative estimate of drug-likeness (QED) is 0.879. The van der Waals surface area contributed by atoms with Crippen LogP contribution in [0.4, 0.5) is 4.79 Å². The summed E-state index contributed by atoms with van der Waals surface area (Å²) in [6.45, 7) is 2.08. The lowest BCUT2D eigenvalue weighted by Gasteiger charge is -2.31. The smallest absolute Gasteiger partial charge is 0.299 e. The number of hydrogen-bond donors (Lipinski definition) is 1. The van der Waals surface area contributed by atoms with Crippen molar-refractivity contribution in [3.05, 3.63) is 52.5 Å². The highest BCUT2D eigenvalue weighted by Gasteiger charge is 2.50. The molecule has 1 saturated heterocycles. The monoisotopic (exact) mass is 287 g/mol. The highest BCUT2D eigenvalue weighted by Crippen LogP contribution is 2.34. The molecular formula is C14H13N3O2S. The number of nitrogens with zero attached hydrogens (tertiary/aromatic N) is 2. The predicted octanol–water partition coefficient (Wildman–Crippen LogP) is 2.11. The minimum absolute atomic E-state index is 0.301. The van der Waals surface area contributed by atoms with Gasteiger partial charge >= 0.3 is 6.03 Å². The summed E-state index contributed by atoms with van der Waals surface area (Å²) in [5, 5.41) is 5.05. The second-order valence-electron chi connectivity index (χ2n) is 4.71. The van der Waals surface area contributed by atoms with E-state index in [1.165, 1.54) is 16.2 Å². The molecule has 0 spiro atoms. The number of hydrogen-bond acceptors (Lipinski definition) is 4. The second-order valence-corrected chi connectivity index (χ2v) is 5.69. The van der Waals surface area contributed by atoms with Crippen LogP contribution in [0.3, 0.4) is 0 Å². The van der Waals surface area contributed by atoms with Crippen molar-refractivity contribution in [3.8, 4) is 0 Å². The van der Waals surface area contributed by atoms with Gasteiger partial charge in [-0.1, -0.05) is 30.3 Å². The van der Waals surface area contributed by atoms with Crippen molar-refractivity contribution in [1.82, 2.24) is 15.2 Å². The maximum atomic E-state index is 12.3. The number of thiazole rings is 1. The van der Waals surface area contributed by atoms with Gasteiger partial charge < -0.3 is 0 Å². The zero-order valence-corrected chi connectivity index (χ0v) is 11.7. The first-order valence-corrected chi connectivity index (χ1v) is 7.07. The standard InChI is InChI=1S/C14H13N3O2S/c1-14(10-5-3-2-4-6-10)12(18)16-13(19)17(14)9-11-15-7-8-20-11/h2-8H,9H2,1H3,(H,16,18,19). The molecule has 1 fully saturated rings. The van der Waals surface area contributed by atoms with Crippen LogP contribution in [0.1, 0.15) is 17.5 Å². The minimum atomic E-state index is -0.996. The fourth-order valence-corrected chi connectivity index (χ4v) is 2.96. The molecule has 1 aliphatic rings. The van der Waals surface area contributed by atoms with Crippen LogP contribution in [-0.2, 0) is 16.9 Å². The largest absolute Gasteiger partial charge is 0.325 e. The Morgan fingerprint density at radius 3 is 2.70 bits per heavy atom. The summed E-state index contributed by atoms with van der Waals surface area (Å²) in [4.78, 5) is 30.0. The maximum Gasteiger partial charge on any atom is 0.325 e. The van der Waals surface area contributed by atoms with E-state index >= 15 is 0 Å². The van der Waals surface area contributed by atoms with E-state index in [-0.39, 0.29) is 11.9 Å². The van der Waals surface area contributed by atoms with Crippen molar-refractivity contribution in [2.45, 2.75) is 19.0 Å². The molecule has 1 unspecified atom stereocenters. The molecule has 2 heterocycles. The van der Waals surface area contributed by atoms with E-state index in [9.17, 15) is 9.59 Å². The molecule has 0 saturated carbocycles. The van der Waals surface area contributed by atoms with Gasteiger partial charge in [0.1, 0.15) is 10.5 Å². The molecule has 6 heteroatoms. The summed E-state index contributed by atoms with van der Waals surface area (Å²) < 4.78 is 0. The van der Waals surface area contributed by atoms with Crippen molar-refractivity contribution in [2.75, 3.05) is 0 Å². The first-order valence-electron chi connectivity index (χ1n) is 6.19. The van der Waals surface area contributed by atoms with E-state index in [0.717, 1.165) is 10.6 Å². The molecule has 20 heavy (non-hydrogen) atoms. The highest BCUT2D eigenvalue weighted by molar-refractivity contribution is 7.09. The molecule has 3 amide bonds. The Labute approximate surface area is 120 Å². The molecule has 0 bridgehead atoms. The third kappa shape index (κ3) is 1.89. The van der Waals surface area contributed by atoms with Crippen molar-refractivity contribution < 1.29 is 9.59 Å². The number of amides is 3. The summed E-state index contributed by atoms with van der Waals surface area (Å²) in [6.07, 6.45) is 1.69. The molecule has 0 aliphatic carbocycles. The van der Waals surface area contributed by atoms with Crippen molar-refractivity contribution in [2.24, 2.45) is 0 Å². The van der Waals surface area contributed by atoms with Crippen molar-refractivity contribution >= 4 is 23.3 Å². The Bertz CT molecular complexity index is 642. The van der Waals surface area contributed by atoms with E-state index in [0.29, 0.717) is 6.54 Å². The lowest BCUT2D eigenvalue weighted by Crippen LogP contribution is -2.43. The molecule has 1 aromatic carbocycles. The number of rotatable bonds is 3. The summed E-state index contributed by atoms with van der Waals surface area (Å²) in [5.74, 6) is -0.301. The van der Waals surface area contributed by atoms with E-state index in [2.05, 4.69) is 10.3 Å². The summed E-state index contributed by atoms with van der Waals surface area (Å²) >= 11 is 1.46. The Kier molecular flexibility index (Phi) is 3.02. The third-order valence-electron chi connectivity index (χ3n) is 3.56. The summed E-state index contributed by atoms with van der Waals surface area (Å²) in [5.41, 5.74) is -0.204. The Morgan fingerprint density at radius 1 is 1.30 bits per heavy atom. The fourth-order valence-electron chi connectivity index (χ4n) is 2.36. The molecule has 1 atom stereocenters. The first kappa shape index (κ1) is 12.8. The molecule has 1 N–H and O–H groups in total. The number of aromatic nitrogens is 1. The molecule has 3 rings (SSSR count). The lowest BCUT2D eigenvalue weighted by molar-refractivity contribution is -0.126. The van der Waals surface area contributed by atoms with Crippen LogP contribution >= 0.6 is 11.3 Å². The average molecular weight is 287 g/mol. The van der Waals surface area contributed by atoms with E-state index < -0.39 is 5.54 Å². The van der Waals surface area contributed by atoms with Gasteiger partial charge in [0, 0.05) is 11.6 Å². The Balaban J connectivity index is 2.01. The van der Waals surface area contributed by atoms with E-state index in [4.69, 9.17) is 0 Å². The molecule has 1 aromatic heterocycles. The number of nitrogens with one attached hydrogen (secondary N) is 1. The number of imide groups is 1. The van der Waals surface area contributed by atoms with Gasteiger partial charge in [0.2, 0.25) is 0 Å². The zero-order valence-electron chi connectivity index (χ0n) is 10.9. The maximum absolute atomic E-state index is 12.3. The van der Waals surface area contributed by atoms with Gasteiger partial charge in [-0.25, -0.2) is 9.78 Å². The predicted molar refractivity (Wildman–Crippen MR) is 75.0 cm³/mol. The molecular weight excluding hydrogens is 274 g/mol. The van der Waals surface area contributed by atoms with E-state index in [1.54, 1.807) is 13.1 Å². The molecule has 102 valence electrons. The van der Waals surface area contributed by atoms with Crippen LogP contribution in [0.15, 0.2) is 41.9 Å². The minimum Gasteiger partial charge on any atom is -0.299 e. The molecule has 0 radical (unpaired) electrons. The van der Waals surface area contributed by atoms with Crippen LogP contribution in [0, 0.1) is 0 Å². The van der Waals surface area contributed by atoms with Gasteiger partial charge in [0.25, 0.3) is 5.91 Å². The van der Waals surface area contributed by atoms with Crippen LogP contribution in [0.2, 0.25) is 0 Å². The van der Waals surface area contributed by atoms with Crippen LogP contribution in [0.5, 0.6) is 0 Å². The zero-order chi connectivity index (χ0) is 14.2. The van der Waals surface area contributed by atoms with Gasteiger partial charge in [0.05, 0.1) is 6.54 Å². The number of carbonyl (C=O) groups excluding carboxylic acids is 2. The highest BCUT2D eigenvalue weighted by atomic mass is 32.1. The van der Waals surface area contributed by atoms with Crippen molar-refractivity contribution in [3.63, 3.8) is 0 Å². The van der Waals surface area contributed by atoms with Gasteiger partial charge in [-0.05, 0) is 12.5 Å². The van der Waals surface area contributed by atoms with E-state index in [1.807, 2.05) is 35.7 Å². The topological polar surface area (TPSA) is 62.3 Å². The van der Waals surface area contributed by atoms with Crippen molar-refractivity contribution in [1.29, 1.82) is 0 Å². The lowest BCUT2D eigenvalue weighted by atomic mass is 9.90. The van der Waals surface area contributed by atoms with Crippen LogP contribution in [0.25, 0.3) is 0 Å². The van der Waals surface area contributed by atoms with Gasteiger partial charge in [-0.3, -0.25) is 15.0 Å².